The summed E-state index contributed by atoms with van der Waals surface area (Å²) in [4.78, 5) is 12.1. The predicted octanol–water partition coefficient (Wildman–Crippen LogP) is -1.61. The molecule has 1 heterocycles. The third kappa shape index (κ3) is 6.43. The number of quaternary nitrogens is 1. The third-order valence-corrected chi connectivity index (χ3v) is 6.30. The normalized spacial score (nSPS) is 17.7. The average Bonchev–Trinajstić information content (AvgIpc) is 2.61. The number of amides is 1. The van der Waals surface area contributed by atoms with Crippen LogP contribution in [0.25, 0.3) is 0 Å². The summed E-state index contributed by atoms with van der Waals surface area (Å²) in [5.74, 6) is 0.473. The number of aliphatic hydroxyl groups excluding tert-OH is 1. The van der Waals surface area contributed by atoms with E-state index in [1.165, 1.54) is 29.6 Å². The van der Waals surface area contributed by atoms with Gasteiger partial charge in [0.1, 0.15) is 25.0 Å². The standard InChI is InChI=1S/C17H28N4O5S/c1-14(22)18-15-4-6-17(7-5-15)26-13-16(23)12-20-8-10-21(11-9-20)27(24,25)19(2)3/h4-7,16,23H,8-13H2,1-3H3,(H,18,22)/p+1/t16-/m0/s1. The van der Waals surface area contributed by atoms with Crippen molar-refractivity contribution in [3.63, 3.8) is 0 Å². The number of benzene rings is 1. The average molecular weight is 402 g/mol. The number of nitrogens with one attached hydrogen (secondary N) is 2. The fourth-order valence-corrected chi connectivity index (χ4v) is 4.00. The fraction of sp³-hybridized carbons (Fsp3) is 0.588. The van der Waals surface area contributed by atoms with Gasteiger partial charge in [-0.25, -0.2) is 0 Å². The van der Waals surface area contributed by atoms with E-state index in [2.05, 4.69) is 5.32 Å². The molecule has 1 amide bonds. The van der Waals surface area contributed by atoms with Crippen molar-refractivity contribution in [3.05, 3.63) is 24.3 Å². The minimum atomic E-state index is -3.37. The van der Waals surface area contributed by atoms with E-state index in [0.29, 0.717) is 44.2 Å². The molecule has 0 spiro atoms. The molecule has 0 radical (unpaired) electrons. The number of rotatable bonds is 8. The summed E-state index contributed by atoms with van der Waals surface area (Å²) in [5.41, 5.74) is 0.686. The molecule has 1 aromatic rings. The van der Waals surface area contributed by atoms with Crippen LogP contribution in [0.4, 0.5) is 5.69 Å². The number of hydrogen-bond donors (Lipinski definition) is 3. The van der Waals surface area contributed by atoms with Crippen LogP contribution in [0.3, 0.4) is 0 Å². The minimum absolute atomic E-state index is 0.138. The minimum Gasteiger partial charge on any atom is -0.491 e. The van der Waals surface area contributed by atoms with Gasteiger partial charge in [-0.15, -0.1) is 0 Å². The van der Waals surface area contributed by atoms with Crippen LogP contribution < -0.4 is 15.0 Å². The number of nitrogens with zero attached hydrogens (tertiary/aromatic N) is 2. The molecule has 2 rings (SSSR count). The fourth-order valence-electron chi connectivity index (χ4n) is 2.89. The van der Waals surface area contributed by atoms with Crippen molar-refractivity contribution in [1.29, 1.82) is 0 Å². The molecule has 152 valence electrons. The van der Waals surface area contributed by atoms with Crippen molar-refractivity contribution >= 4 is 21.8 Å². The Balaban J connectivity index is 1.74. The largest absolute Gasteiger partial charge is 0.491 e. The molecule has 0 aromatic heterocycles. The Bertz CT molecular complexity index is 715. The maximum atomic E-state index is 12.1. The Kier molecular flexibility index (Phi) is 7.57. The van der Waals surface area contributed by atoms with Crippen molar-refractivity contribution in [2.75, 3.05) is 58.7 Å². The van der Waals surface area contributed by atoms with Crippen molar-refractivity contribution < 1.29 is 28.0 Å². The Labute approximate surface area is 160 Å². The molecule has 1 saturated heterocycles. The number of anilines is 1. The SMILES string of the molecule is CC(=O)Nc1ccc(OC[C@@H](O)C[NH+]2CCN(S(=O)(=O)N(C)C)CC2)cc1. The van der Waals surface area contributed by atoms with Crippen LogP contribution >= 0.6 is 0 Å². The van der Waals surface area contributed by atoms with Crippen LogP contribution in [-0.2, 0) is 15.0 Å². The van der Waals surface area contributed by atoms with Gasteiger partial charge in [0.15, 0.2) is 0 Å². The van der Waals surface area contributed by atoms with Crippen LogP contribution in [0, 0.1) is 0 Å². The van der Waals surface area contributed by atoms with Gasteiger partial charge in [-0.3, -0.25) is 4.79 Å². The van der Waals surface area contributed by atoms with Gasteiger partial charge in [0.2, 0.25) is 5.91 Å². The third-order valence-electron chi connectivity index (χ3n) is 4.36. The number of aliphatic hydroxyl groups is 1. The Hall–Kier alpha value is -1.72. The molecule has 1 fully saturated rings. The molecule has 0 aliphatic carbocycles. The second-order valence-electron chi connectivity index (χ2n) is 6.81. The van der Waals surface area contributed by atoms with Crippen LogP contribution in [-0.4, -0.2) is 87.6 Å². The lowest BCUT2D eigenvalue weighted by atomic mass is 10.3. The zero-order valence-electron chi connectivity index (χ0n) is 16.0. The molecule has 1 aliphatic heterocycles. The Morgan fingerprint density at radius 2 is 1.89 bits per heavy atom. The van der Waals surface area contributed by atoms with Gasteiger partial charge in [0.05, 0.1) is 26.2 Å². The summed E-state index contributed by atoms with van der Waals surface area (Å²) in [6.07, 6.45) is -0.646. The predicted molar refractivity (Wildman–Crippen MR) is 102 cm³/mol. The molecule has 27 heavy (non-hydrogen) atoms. The van der Waals surface area contributed by atoms with E-state index in [1.54, 1.807) is 24.3 Å². The molecule has 9 nitrogen and oxygen atoms in total. The van der Waals surface area contributed by atoms with Gasteiger partial charge < -0.3 is 20.1 Å². The highest BCUT2D eigenvalue weighted by Crippen LogP contribution is 2.15. The quantitative estimate of drug-likeness (QED) is 0.486. The van der Waals surface area contributed by atoms with Crippen molar-refractivity contribution in [3.8, 4) is 5.75 Å². The lowest BCUT2D eigenvalue weighted by Gasteiger charge is -2.33. The summed E-state index contributed by atoms with van der Waals surface area (Å²) >= 11 is 0. The maximum Gasteiger partial charge on any atom is 0.281 e. The number of piperazine rings is 1. The van der Waals surface area contributed by atoms with Crippen molar-refractivity contribution in [1.82, 2.24) is 8.61 Å². The monoisotopic (exact) mass is 401 g/mol. The van der Waals surface area contributed by atoms with Gasteiger partial charge in [0.25, 0.3) is 10.2 Å². The van der Waals surface area contributed by atoms with Crippen LogP contribution in [0.1, 0.15) is 6.92 Å². The van der Waals surface area contributed by atoms with E-state index in [-0.39, 0.29) is 12.5 Å². The highest BCUT2D eigenvalue weighted by atomic mass is 32.2. The molecule has 1 aromatic carbocycles. The summed E-state index contributed by atoms with van der Waals surface area (Å²) in [6, 6.07) is 6.93. The van der Waals surface area contributed by atoms with Crippen LogP contribution in [0.2, 0.25) is 0 Å². The lowest BCUT2D eigenvalue weighted by molar-refractivity contribution is -0.906. The van der Waals surface area contributed by atoms with Gasteiger partial charge in [-0.2, -0.15) is 17.0 Å². The van der Waals surface area contributed by atoms with Gasteiger partial charge in [0, 0.05) is 26.7 Å². The van der Waals surface area contributed by atoms with E-state index in [9.17, 15) is 18.3 Å². The van der Waals surface area contributed by atoms with Crippen molar-refractivity contribution in [2.45, 2.75) is 13.0 Å². The van der Waals surface area contributed by atoms with E-state index in [0.717, 1.165) is 4.90 Å². The summed E-state index contributed by atoms with van der Waals surface area (Å²) in [5, 5.41) is 12.9. The van der Waals surface area contributed by atoms with E-state index < -0.39 is 16.3 Å². The molecular weight excluding hydrogens is 372 g/mol. The zero-order chi connectivity index (χ0) is 20.0. The molecule has 1 atom stereocenters. The highest BCUT2D eigenvalue weighted by molar-refractivity contribution is 7.86. The first-order valence-electron chi connectivity index (χ1n) is 8.88. The van der Waals surface area contributed by atoms with Gasteiger partial charge >= 0.3 is 0 Å². The Morgan fingerprint density at radius 3 is 2.41 bits per heavy atom. The number of ether oxygens (including phenoxy) is 1. The number of hydrogen-bond acceptors (Lipinski definition) is 5. The molecule has 3 N–H and O–H groups in total. The molecule has 10 heteroatoms. The van der Waals surface area contributed by atoms with E-state index >= 15 is 0 Å². The summed E-state index contributed by atoms with van der Waals surface area (Å²) in [7, 11) is -0.317. The molecule has 0 bridgehead atoms. The molecular formula is C17H29N4O5S+. The van der Waals surface area contributed by atoms with Crippen LogP contribution in [0.15, 0.2) is 24.3 Å². The highest BCUT2D eigenvalue weighted by Gasteiger charge is 2.31. The topological polar surface area (TPSA) is 104 Å². The van der Waals surface area contributed by atoms with E-state index in [1.807, 2.05) is 0 Å². The van der Waals surface area contributed by atoms with Gasteiger partial charge in [-0.1, -0.05) is 0 Å². The zero-order valence-corrected chi connectivity index (χ0v) is 16.8. The van der Waals surface area contributed by atoms with E-state index in [4.69, 9.17) is 4.74 Å². The van der Waals surface area contributed by atoms with Crippen molar-refractivity contribution in [2.24, 2.45) is 0 Å². The summed E-state index contributed by atoms with van der Waals surface area (Å²) < 4.78 is 32.5. The summed E-state index contributed by atoms with van der Waals surface area (Å²) in [6.45, 7) is 4.27. The smallest absolute Gasteiger partial charge is 0.281 e. The lowest BCUT2D eigenvalue weighted by Crippen LogP contribution is -3.16. The molecule has 0 unspecified atom stereocenters. The first kappa shape index (κ1) is 21.6. The first-order chi connectivity index (χ1) is 12.7. The van der Waals surface area contributed by atoms with Crippen LogP contribution in [0.5, 0.6) is 5.75 Å². The first-order valence-corrected chi connectivity index (χ1v) is 10.3. The Morgan fingerprint density at radius 1 is 1.30 bits per heavy atom. The number of carbonyl (C=O) groups is 1. The molecule has 0 saturated carbocycles. The number of carbonyl (C=O) groups excluding carboxylic acids is 1. The second-order valence-corrected chi connectivity index (χ2v) is 8.96. The second kappa shape index (κ2) is 9.47. The van der Waals surface area contributed by atoms with Gasteiger partial charge in [-0.05, 0) is 24.3 Å². The molecule has 1 aliphatic rings. The maximum absolute atomic E-state index is 12.1.